The molecule has 3 aromatic heterocycles. The van der Waals surface area contributed by atoms with Gasteiger partial charge in [0, 0.05) is 62.5 Å². The van der Waals surface area contributed by atoms with Gasteiger partial charge in [0.25, 0.3) is 0 Å². The monoisotopic (exact) mass is 494 g/mol. The molecule has 0 aliphatic carbocycles. The van der Waals surface area contributed by atoms with Gasteiger partial charge in [-0.2, -0.15) is 15.1 Å². The van der Waals surface area contributed by atoms with Crippen LogP contribution in [0.2, 0.25) is 0 Å². The summed E-state index contributed by atoms with van der Waals surface area (Å²) in [5, 5.41) is 10.6. The molecule has 1 aliphatic heterocycles. The molecule has 0 spiro atoms. The number of halogens is 2. The molecule has 36 heavy (non-hydrogen) atoms. The number of aromatic amines is 1. The Balaban J connectivity index is 1.52. The van der Waals surface area contributed by atoms with Gasteiger partial charge in [-0.15, -0.1) is 0 Å². The SMILES string of the molecule is C/C=C\c1cc(Nc2cc(N3CCN(C)CC3)nc(Oc3c(F)cc4c(cc(C)n4C)c3F)n2)n[nH]1. The third-order valence-electron chi connectivity index (χ3n) is 6.35. The zero-order chi connectivity index (χ0) is 25.4. The molecule has 1 aliphatic rings. The van der Waals surface area contributed by atoms with Gasteiger partial charge in [0.2, 0.25) is 5.75 Å². The Morgan fingerprint density at radius 2 is 1.81 bits per heavy atom. The van der Waals surface area contributed by atoms with Crippen molar-refractivity contribution in [1.29, 1.82) is 0 Å². The number of likely N-dealkylation sites (N-methyl/N-ethyl adjacent to an activating group) is 1. The number of hydrogen-bond acceptors (Lipinski definition) is 7. The first-order valence-corrected chi connectivity index (χ1v) is 11.7. The highest BCUT2D eigenvalue weighted by atomic mass is 19.1. The van der Waals surface area contributed by atoms with Crippen LogP contribution in [0.1, 0.15) is 18.3 Å². The minimum absolute atomic E-state index is 0.164. The lowest BCUT2D eigenvalue weighted by molar-refractivity contribution is 0.311. The van der Waals surface area contributed by atoms with Crippen molar-refractivity contribution in [3.8, 4) is 11.8 Å². The van der Waals surface area contributed by atoms with Gasteiger partial charge in [-0.05, 0) is 33.0 Å². The maximum atomic E-state index is 15.3. The van der Waals surface area contributed by atoms with Crippen LogP contribution in [0.3, 0.4) is 0 Å². The quantitative estimate of drug-likeness (QED) is 0.405. The molecule has 0 radical (unpaired) electrons. The van der Waals surface area contributed by atoms with Crippen LogP contribution < -0.4 is 15.0 Å². The number of aromatic nitrogens is 5. The molecule has 188 valence electrons. The van der Waals surface area contributed by atoms with Crippen molar-refractivity contribution in [3.63, 3.8) is 0 Å². The van der Waals surface area contributed by atoms with E-state index in [1.54, 1.807) is 23.7 Å². The number of fused-ring (bicyclic) bond motifs is 1. The summed E-state index contributed by atoms with van der Waals surface area (Å²) in [6.07, 6.45) is 3.78. The van der Waals surface area contributed by atoms with Crippen LogP contribution in [-0.2, 0) is 7.05 Å². The molecule has 1 saturated heterocycles. The van der Waals surface area contributed by atoms with Crippen molar-refractivity contribution in [2.24, 2.45) is 7.05 Å². The number of nitrogens with zero attached hydrogens (tertiary/aromatic N) is 6. The number of aryl methyl sites for hydroxylation is 2. The molecule has 11 heteroatoms. The van der Waals surface area contributed by atoms with E-state index >= 15 is 4.39 Å². The standard InChI is InChI=1S/C25H28F2N8O/c1-5-6-16-12-21(32-31-16)28-20-14-22(35-9-7-33(3)8-10-35)30-25(29-20)36-24-18(26)13-19-17(23(24)27)11-15(2)34(19)4/h5-6,11-14H,7-10H2,1-4H3,(H2,28,29,30,31,32)/b6-5-. The lowest BCUT2D eigenvalue weighted by Gasteiger charge is -2.33. The summed E-state index contributed by atoms with van der Waals surface area (Å²) in [7, 11) is 3.82. The molecule has 2 N–H and O–H groups in total. The number of benzene rings is 1. The second-order valence-corrected chi connectivity index (χ2v) is 8.90. The number of rotatable bonds is 6. The van der Waals surface area contributed by atoms with E-state index in [0.29, 0.717) is 23.0 Å². The molecule has 0 atom stereocenters. The lowest BCUT2D eigenvalue weighted by Crippen LogP contribution is -2.44. The van der Waals surface area contributed by atoms with E-state index in [9.17, 15) is 4.39 Å². The van der Waals surface area contributed by atoms with E-state index in [0.717, 1.165) is 37.6 Å². The van der Waals surface area contributed by atoms with E-state index in [4.69, 9.17) is 4.74 Å². The molecular formula is C25H28F2N8O. The first-order valence-electron chi connectivity index (χ1n) is 11.7. The van der Waals surface area contributed by atoms with Crippen LogP contribution in [0.5, 0.6) is 11.8 Å². The Kier molecular flexibility index (Phi) is 6.31. The minimum Gasteiger partial charge on any atom is -0.418 e. The van der Waals surface area contributed by atoms with Crippen LogP contribution in [-0.4, -0.2) is 62.9 Å². The molecule has 9 nitrogen and oxygen atoms in total. The number of ether oxygens (including phenoxy) is 1. The van der Waals surface area contributed by atoms with Crippen LogP contribution in [0, 0.1) is 18.6 Å². The Hall–Kier alpha value is -3.99. The predicted octanol–water partition coefficient (Wildman–Crippen LogP) is 4.60. The number of anilines is 3. The number of piperazine rings is 1. The van der Waals surface area contributed by atoms with Gasteiger partial charge in [0.1, 0.15) is 11.6 Å². The van der Waals surface area contributed by atoms with Crippen LogP contribution >= 0.6 is 0 Å². The van der Waals surface area contributed by atoms with Crippen LogP contribution in [0.25, 0.3) is 17.0 Å². The lowest BCUT2D eigenvalue weighted by atomic mass is 10.2. The van der Waals surface area contributed by atoms with Crippen molar-refractivity contribution in [3.05, 3.63) is 53.4 Å². The Labute approximate surface area is 207 Å². The normalized spacial score (nSPS) is 14.8. The maximum absolute atomic E-state index is 15.3. The summed E-state index contributed by atoms with van der Waals surface area (Å²) < 4.78 is 37.7. The topological polar surface area (TPSA) is 87.1 Å². The van der Waals surface area contributed by atoms with E-state index in [2.05, 4.69) is 42.3 Å². The molecule has 0 bridgehead atoms. The summed E-state index contributed by atoms with van der Waals surface area (Å²) in [4.78, 5) is 13.2. The molecule has 4 aromatic rings. The van der Waals surface area contributed by atoms with Gasteiger partial charge >= 0.3 is 6.01 Å². The fourth-order valence-corrected chi connectivity index (χ4v) is 4.22. The second-order valence-electron chi connectivity index (χ2n) is 8.90. The first-order chi connectivity index (χ1) is 17.3. The molecule has 1 aromatic carbocycles. The van der Waals surface area contributed by atoms with E-state index < -0.39 is 17.4 Å². The maximum Gasteiger partial charge on any atom is 0.326 e. The largest absolute Gasteiger partial charge is 0.418 e. The van der Waals surface area contributed by atoms with Crippen LogP contribution in [0.15, 0.2) is 30.3 Å². The summed E-state index contributed by atoms with van der Waals surface area (Å²) in [5.74, 6) is -0.629. The molecular weight excluding hydrogens is 466 g/mol. The van der Waals surface area contributed by atoms with Crippen molar-refractivity contribution in [1.82, 2.24) is 29.6 Å². The van der Waals surface area contributed by atoms with E-state index in [1.807, 2.05) is 32.1 Å². The molecule has 0 unspecified atom stereocenters. The Bertz CT molecular complexity index is 1440. The van der Waals surface area contributed by atoms with Gasteiger partial charge in [0.15, 0.2) is 17.5 Å². The van der Waals surface area contributed by atoms with Crippen molar-refractivity contribution in [2.45, 2.75) is 13.8 Å². The van der Waals surface area contributed by atoms with Gasteiger partial charge in [-0.25, -0.2) is 8.78 Å². The number of nitrogens with one attached hydrogen (secondary N) is 2. The zero-order valence-corrected chi connectivity index (χ0v) is 20.6. The molecule has 0 amide bonds. The number of H-pyrrole nitrogens is 1. The Morgan fingerprint density at radius 3 is 2.56 bits per heavy atom. The van der Waals surface area contributed by atoms with Crippen molar-refractivity contribution in [2.75, 3.05) is 43.4 Å². The summed E-state index contributed by atoms with van der Waals surface area (Å²) in [6.45, 7) is 6.97. The van der Waals surface area contributed by atoms with Gasteiger partial charge in [-0.3, -0.25) is 5.10 Å². The first kappa shape index (κ1) is 23.7. The van der Waals surface area contributed by atoms with E-state index in [-0.39, 0.29) is 11.4 Å². The summed E-state index contributed by atoms with van der Waals surface area (Å²) in [5.41, 5.74) is 2.07. The fourth-order valence-electron chi connectivity index (χ4n) is 4.22. The van der Waals surface area contributed by atoms with Crippen molar-refractivity contribution < 1.29 is 13.5 Å². The van der Waals surface area contributed by atoms with Gasteiger partial charge in [0.05, 0.1) is 11.2 Å². The molecule has 0 saturated carbocycles. The Morgan fingerprint density at radius 1 is 1.03 bits per heavy atom. The summed E-state index contributed by atoms with van der Waals surface area (Å²) in [6, 6.07) is 6.35. The second kappa shape index (κ2) is 9.57. The number of allylic oxidation sites excluding steroid dienone is 1. The highest BCUT2D eigenvalue weighted by Crippen LogP contribution is 2.34. The highest BCUT2D eigenvalue weighted by Gasteiger charge is 2.22. The van der Waals surface area contributed by atoms with E-state index in [1.165, 1.54) is 6.07 Å². The minimum atomic E-state index is -0.826. The predicted molar refractivity (Wildman–Crippen MR) is 136 cm³/mol. The third kappa shape index (κ3) is 4.61. The zero-order valence-electron chi connectivity index (χ0n) is 20.6. The molecule has 1 fully saturated rings. The average Bonchev–Trinajstić information content (AvgIpc) is 3.41. The average molecular weight is 495 g/mol. The van der Waals surface area contributed by atoms with Gasteiger partial charge < -0.3 is 24.4 Å². The molecule has 4 heterocycles. The number of hydrogen-bond donors (Lipinski definition) is 2. The summed E-state index contributed by atoms with van der Waals surface area (Å²) >= 11 is 0. The van der Waals surface area contributed by atoms with Gasteiger partial charge in [-0.1, -0.05) is 6.08 Å². The fraction of sp³-hybridized carbons (Fsp3) is 0.320. The third-order valence-corrected chi connectivity index (χ3v) is 6.35. The smallest absolute Gasteiger partial charge is 0.326 e. The van der Waals surface area contributed by atoms with Crippen molar-refractivity contribution >= 4 is 34.4 Å². The highest BCUT2D eigenvalue weighted by molar-refractivity contribution is 5.84. The van der Waals surface area contributed by atoms with Crippen LogP contribution in [0.4, 0.5) is 26.2 Å². The molecule has 5 rings (SSSR count).